The molecule has 6 rings (SSSR count). The molecule has 0 amide bonds. The van der Waals surface area contributed by atoms with E-state index in [9.17, 15) is 13.6 Å². The van der Waals surface area contributed by atoms with Gasteiger partial charge in [-0.2, -0.15) is 5.10 Å². The molecule has 1 atom stereocenters. The van der Waals surface area contributed by atoms with Crippen molar-refractivity contribution in [2.75, 3.05) is 24.6 Å². The average Bonchev–Trinajstić information content (AvgIpc) is 3.48. The zero-order valence-corrected chi connectivity index (χ0v) is 18.5. The van der Waals surface area contributed by atoms with Crippen molar-refractivity contribution in [2.24, 2.45) is 7.05 Å². The van der Waals surface area contributed by atoms with Gasteiger partial charge in [0.15, 0.2) is 0 Å². The standard InChI is InChI=1S/C24H22F2N6O2/c1-30-12-14(11-27-30)19-13-31(7-8-34-19)21-10-17-23(28-20-3-2-6-32(20)24(17)33)22(29-21)16-5-4-15(25)9-18(16)26/h4-5,9-12,19H,2-3,6-8,13H2,1H3/t19-/m1/s1. The molecular formula is C24H22F2N6O2. The predicted molar refractivity (Wildman–Crippen MR) is 122 cm³/mol. The molecule has 0 saturated carbocycles. The van der Waals surface area contributed by atoms with Crippen LogP contribution in [0.25, 0.3) is 22.2 Å². The molecule has 4 aromatic rings. The summed E-state index contributed by atoms with van der Waals surface area (Å²) in [5.74, 6) is -0.230. The zero-order valence-electron chi connectivity index (χ0n) is 18.5. The number of halogens is 2. The first kappa shape index (κ1) is 20.9. The number of ether oxygens (including phenoxy) is 1. The van der Waals surface area contributed by atoms with Crippen LogP contribution >= 0.6 is 0 Å². The van der Waals surface area contributed by atoms with E-state index in [4.69, 9.17) is 14.7 Å². The van der Waals surface area contributed by atoms with Gasteiger partial charge < -0.3 is 9.64 Å². The maximum absolute atomic E-state index is 14.9. The maximum atomic E-state index is 14.9. The Hall–Kier alpha value is -3.66. The highest BCUT2D eigenvalue weighted by Crippen LogP contribution is 2.33. The van der Waals surface area contributed by atoms with Crippen LogP contribution in [0.1, 0.15) is 23.9 Å². The number of nitrogens with zero attached hydrogens (tertiary/aromatic N) is 6. The van der Waals surface area contributed by atoms with Gasteiger partial charge in [0.2, 0.25) is 0 Å². The number of aryl methyl sites for hydroxylation is 2. The molecule has 0 aliphatic carbocycles. The summed E-state index contributed by atoms with van der Waals surface area (Å²) in [6.45, 7) is 2.12. The Labute approximate surface area is 193 Å². The second-order valence-electron chi connectivity index (χ2n) is 8.69. The van der Waals surface area contributed by atoms with Crippen molar-refractivity contribution < 1.29 is 13.5 Å². The van der Waals surface area contributed by atoms with Gasteiger partial charge in [0.05, 0.1) is 18.2 Å². The summed E-state index contributed by atoms with van der Waals surface area (Å²) >= 11 is 0. The molecule has 0 bridgehead atoms. The number of anilines is 1. The van der Waals surface area contributed by atoms with Crippen molar-refractivity contribution in [1.29, 1.82) is 0 Å². The van der Waals surface area contributed by atoms with E-state index in [0.717, 1.165) is 18.1 Å². The molecular weight excluding hydrogens is 442 g/mol. The SMILES string of the molecule is Cn1cc([C@H]2CN(c3cc4c(=O)n5c(nc4c(-c4ccc(F)cc4F)n3)CCC5)CCO2)cn1. The van der Waals surface area contributed by atoms with Crippen molar-refractivity contribution in [3.63, 3.8) is 0 Å². The lowest BCUT2D eigenvalue weighted by Crippen LogP contribution is -2.39. The summed E-state index contributed by atoms with van der Waals surface area (Å²) in [5, 5.41) is 4.60. The number of benzene rings is 1. The highest BCUT2D eigenvalue weighted by atomic mass is 19.1. The lowest BCUT2D eigenvalue weighted by molar-refractivity contribution is 0.0395. The van der Waals surface area contributed by atoms with Gasteiger partial charge in [-0.05, 0) is 24.6 Å². The molecule has 174 valence electrons. The van der Waals surface area contributed by atoms with Crippen molar-refractivity contribution in [3.8, 4) is 11.3 Å². The van der Waals surface area contributed by atoms with Crippen molar-refractivity contribution >= 4 is 16.7 Å². The summed E-state index contributed by atoms with van der Waals surface area (Å²) in [5.41, 5.74) is 1.46. The Morgan fingerprint density at radius 2 is 2.03 bits per heavy atom. The van der Waals surface area contributed by atoms with Gasteiger partial charge in [0.1, 0.15) is 40.6 Å². The van der Waals surface area contributed by atoms with Crippen molar-refractivity contribution in [2.45, 2.75) is 25.5 Å². The van der Waals surface area contributed by atoms with Crippen LogP contribution in [-0.2, 0) is 24.8 Å². The summed E-state index contributed by atoms with van der Waals surface area (Å²) in [4.78, 5) is 24.8. The molecule has 10 heteroatoms. The van der Waals surface area contributed by atoms with E-state index in [0.29, 0.717) is 55.2 Å². The molecule has 5 heterocycles. The lowest BCUT2D eigenvalue weighted by atomic mass is 10.1. The van der Waals surface area contributed by atoms with Crippen molar-refractivity contribution in [3.05, 3.63) is 70.0 Å². The molecule has 34 heavy (non-hydrogen) atoms. The monoisotopic (exact) mass is 464 g/mol. The molecule has 0 N–H and O–H groups in total. The Morgan fingerprint density at radius 1 is 1.15 bits per heavy atom. The fourth-order valence-electron chi connectivity index (χ4n) is 4.77. The first-order chi connectivity index (χ1) is 16.5. The van der Waals surface area contributed by atoms with Crippen LogP contribution in [0.15, 0.2) is 41.5 Å². The predicted octanol–water partition coefficient (Wildman–Crippen LogP) is 2.99. The molecule has 1 saturated heterocycles. The fraction of sp³-hybridized carbons (Fsp3) is 0.333. The average molecular weight is 464 g/mol. The van der Waals surface area contributed by atoms with Crippen LogP contribution in [-0.4, -0.2) is 44.0 Å². The number of aromatic nitrogens is 5. The van der Waals surface area contributed by atoms with Crippen LogP contribution in [0.2, 0.25) is 0 Å². The second kappa shape index (κ2) is 7.98. The fourth-order valence-corrected chi connectivity index (χ4v) is 4.77. The molecule has 1 aromatic carbocycles. The molecule has 2 aliphatic rings. The Balaban J connectivity index is 1.52. The maximum Gasteiger partial charge on any atom is 0.261 e. The van der Waals surface area contributed by atoms with E-state index in [1.165, 1.54) is 12.1 Å². The van der Waals surface area contributed by atoms with E-state index in [2.05, 4.69) is 5.10 Å². The molecule has 0 unspecified atom stereocenters. The minimum Gasteiger partial charge on any atom is -0.370 e. The van der Waals surface area contributed by atoms with Crippen LogP contribution in [0, 0.1) is 11.6 Å². The molecule has 1 fully saturated rings. The summed E-state index contributed by atoms with van der Waals surface area (Å²) < 4.78 is 37.8. The smallest absolute Gasteiger partial charge is 0.261 e. The Bertz CT molecular complexity index is 1480. The third kappa shape index (κ3) is 3.45. The van der Waals surface area contributed by atoms with Gasteiger partial charge in [-0.1, -0.05) is 0 Å². The van der Waals surface area contributed by atoms with Gasteiger partial charge >= 0.3 is 0 Å². The number of hydrogen-bond acceptors (Lipinski definition) is 6. The summed E-state index contributed by atoms with van der Waals surface area (Å²) in [6.07, 6.45) is 4.95. The zero-order chi connectivity index (χ0) is 23.4. The van der Waals surface area contributed by atoms with E-state index >= 15 is 0 Å². The molecule has 2 aliphatic heterocycles. The van der Waals surface area contributed by atoms with Crippen LogP contribution in [0.4, 0.5) is 14.6 Å². The highest BCUT2D eigenvalue weighted by Gasteiger charge is 2.27. The molecule has 0 spiro atoms. The van der Waals surface area contributed by atoms with E-state index in [-0.39, 0.29) is 22.9 Å². The van der Waals surface area contributed by atoms with E-state index < -0.39 is 11.6 Å². The third-order valence-corrected chi connectivity index (χ3v) is 6.46. The first-order valence-corrected chi connectivity index (χ1v) is 11.2. The topological polar surface area (TPSA) is 78.1 Å². The Morgan fingerprint density at radius 3 is 2.82 bits per heavy atom. The van der Waals surface area contributed by atoms with Crippen LogP contribution in [0.3, 0.4) is 0 Å². The normalized spacial score (nSPS) is 18.0. The summed E-state index contributed by atoms with van der Waals surface area (Å²) in [7, 11) is 1.84. The third-order valence-electron chi connectivity index (χ3n) is 6.46. The van der Waals surface area contributed by atoms with Crippen molar-refractivity contribution in [1.82, 2.24) is 24.3 Å². The van der Waals surface area contributed by atoms with Gasteiger partial charge in [-0.15, -0.1) is 0 Å². The Kier molecular flexibility index (Phi) is 4.91. The minimum atomic E-state index is -0.747. The number of rotatable bonds is 3. The van der Waals surface area contributed by atoms with Crippen LogP contribution < -0.4 is 10.5 Å². The molecule has 0 radical (unpaired) electrons. The van der Waals surface area contributed by atoms with E-state index in [1.807, 2.05) is 18.1 Å². The largest absolute Gasteiger partial charge is 0.370 e. The van der Waals surface area contributed by atoms with Gasteiger partial charge in [0.25, 0.3) is 5.56 Å². The molecule has 8 nitrogen and oxygen atoms in total. The second-order valence-corrected chi connectivity index (χ2v) is 8.69. The van der Waals surface area contributed by atoms with E-state index in [1.54, 1.807) is 21.5 Å². The summed E-state index contributed by atoms with van der Waals surface area (Å²) in [6, 6.07) is 5.09. The van der Waals surface area contributed by atoms with Gasteiger partial charge in [-0.3, -0.25) is 14.0 Å². The number of hydrogen-bond donors (Lipinski definition) is 0. The van der Waals surface area contributed by atoms with Gasteiger partial charge in [0, 0.05) is 56.5 Å². The number of morpholine rings is 1. The van der Waals surface area contributed by atoms with Crippen LogP contribution in [0.5, 0.6) is 0 Å². The molecule has 3 aromatic heterocycles. The first-order valence-electron chi connectivity index (χ1n) is 11.2. The van der Waals surface area contributed by atoms with Gasteiger partial charge in [-0.25, -0.2) is 18.7 Å². The quantitative estimate of drug-likeness (QED) is 0.464. The number of fused-ring (bicyclic) bond motifs is 2. The number of pyridine rings is 1. The minimum absolute atomic E-state index is 0.111. The lowest BCUT2D eigenvalue weighted by Gasteiger charge is -2.33. The highest BCUT2D eigenvalue weighted by molar-refractivity contribution is 5.93.